The predicted molar refractivity (Wildman–Crippen MR) is 282 cm³/mol. The van der Waals surface area contributed by atoms with Crippen molar-refractivity contribution >= 4 is 40.1 Å². The number of nitrogens with zero attached hydrogens (tertiary/aromatic N) is 9. The summed E-state index contributed by atoms with van der Waals surface area (Å²) in [5.74, 6) is 1.05. The number of aromatic nitrogens is 7. The van der Waals surface area contributed by atoms with E-state index < -0.39 is 18.1 Å². The normalized spacial score (nSPS) is 22.1. The number of ether oxygens (including phenoxy) is 1. The molecular formula is C56H65N11O6S. The lowest BCUT2D eigenvalue weighted by molar-refractivity contribution is -0.141. The third-order valence-electron chi connectivity index (χ3n) is 16.1. The molecular weight excluding hydrogens is 955 g/mol. The van der Waals surface area contributed by atoms with Gasteiger partial charge < -0.3 is 44.5 Å². The number of aliphatic hydroxyl groups excluding tert-OH is 1. The zero-order valence-corrected chi connectivity index (χ0v) is 43.3. The van der Waals surface area contributed by atoms with E-state index in [-0.39, 0.29) is 42.5 Å². The van der Waals surface area contributed by atoms with E-state index >= 15 is 0 Å². The molecule has 4 N–H and O–H groups in total. The van der Waals surface area contributed by atoms with Crippen LogP contribution in [0.2, 0.25) is 0 Å². The van der Waals surface area contributed by atoms with Crippen LogP contribution in [0.25, 0.3) is 32.7 Å². The molecule has 0 bridgehead atoms. The van der Waals surface area contributed by atoms with Gasteiger partial charge in [0.05, 0.1) is 40.5 Å². The minimum atomic E-state index is -0.808. The zero-order valence-electron chi connectivity index (χ0n) is 42.5. The number of hydrogen-bond acceptors (Lipinski definition) is 15. The lowest BCUT2D eigenvalue weighted by Gasteiger charge is -2.40. The number of H-pyrrole nitrogens is 1. The molecule has 11 rings (SSSR count). The fourth-order valence-corrected chi connectivity index (χ4v) is 12.7. The predicted octanol–water partition coefficient (Wildman–Crippen LogP) is 8.50. The number of fused-ring (bicyclic) bond motifs is 3. The van der Waals surface area contributed by atoms with Gasteiger partial charge in [0, 0.05) is 79.2 Å². The van der Waals surface area contributed by atoms with Crippen molar-refractivity contribution in [2.45, 2.75) is 122 Å². The maximum absolute atomic E-state index is 14.2. The van der Waals surface area contributed by atoms with E-state index in [2.05, 4.69) is 47.4 Å². The third kappa shape index (κ3) is 10.1. The number of aryl methyl sites for hydroxylation is 1. The summed E-state index contributed by atoms with van der Waals surface area (Å²) in [5.41, 5.74) is 10.4. The molecule has 3 aliphatic heterocycles. The van der Waals surface area contributed by atoms with Gasteiger partial charge in [-0.15, -0.1) is 21.5 Å². The highest BCUT2D eigenvalue weighted by Gasteiger charge is 2.43. The van der Waals surface area contributed by atoms with Gasteiger partial charge in [-0.3, -0.25) is 9.59 Å². The number of phenols is 1. The van der Waals surface area contributed by atoms with Gasteiger partial charge in [0.25, 0.3) is 5.88 Å². The number of carbonyl (C=O) groups is 2. The summed E-state index contributed by atoms with van der Waals surface area (Å²) in [6.07, 6.45) is 10.8. The lowest BCUT2D eigenvalue weighted by atomic mass is 9.81. The Balaban J connectivity index is 0.633. The smallest absolute Gasteiger partial charge is 0.254 e. The molecule has 74 heavy (non-hydrogen) atoms. The van der Waals surface area contributed by atoms with Gasteiger partial charge in [-0.05, 0) is 123 Å². The quantitative estimate of drug-likeness (QED) is 0.0805. The van der Waals surface area contributed by atoms with Gasteiger partial charge in [-0.1, -0.05) is 50.2 Å². The van der Waals surface area contributed by atoms with Crippen LogP contribution in [0.3, 0.4) is 0 Å². The number of phenolic OH excluding ortho intramolecular Hbond substituents is 1. The number of rotatable bonds is 14. The van der Waals surface area contributed by atoms with E-state index in [1.54, 1.807) is 29.5 Å². The summed E-state index contributed by atoms with van der Waals surface area (Å²) >= 11 is 1.60. The molecule has 1 aliphatic carbocycles. The molecule has 386 valence electrons. The van der Waals surface area contributed by atoms with Gasteiger partial charge in [0.2, 0.25) is 17.8 Å². The van der Waals surface area contributed by atoms with Crippen molar-refractivity contribution in [1.29, 1.82) is 0 Å². The van der Waals surface area contributed by atoms with Crippen molar-refractivity contribution in [1.82, 2.24) is 50.4 Å². The van der Waals surface area contributed by atoms with E-state index in [4.69, 9.17) is 19.2 Å². The van der Waals surface area contributed by atoms with Crippen LogP contribution in [0.15, 0.2) is 83.1 Å². The van der Waals surface area contributed by atoms with Crippen LogP contribution in [-0.2, 0) is 22.6 Å². The number of aromatic amines is 1. The van der Waals surface area contributed by atoms with Crippen LogP contribution in [0.4, 0.5) is 5.95 Å². The second-order valence-corrected chi connectivity index (χ2v) is 22.0. The average Bonchev–Trinajstić information content (AvgIpc) is 4.24. The molecule has 2 amide bonds. The highest BCUT2D eigenvalue weighted by atomic mass is 32.1. The maximum atomic E-state index is 14.2. The largest absolute Gasteiger partial charge is 0.507 e. The molecule has 5 aromatic heterocycles. The van der Waals surface area contributed by atoms with Crippen molar-refractivity contribution in [3.8, 4) is 33.3 Å². The molecule has 4 atom stereocenters. The first-order chi connectivity index (χ1) is 35.9. The second kappa shape index (κ2) is 21.2. The first kappa shape index (κ1) is 49.5. The average molecular weight is 1020 g/mol. The van der Waals surface area contributed by atoms with Gasteiger partial charge in [-0.25, -0.2) is 15.0 Å². The molecule has 0 unspecified atom stereocenters. The van der Waals surface area contributed by atoms with Crippen molar-refractivity contribution in [3.63, 3.8) is 0 Å². The van der Waals surface area contributed by atoms with E-state index in [1.807, 2.05) is 81.1 Å². The number of piperidine rings is 1. The Morgan fingerprint density at radius 1 is 0.959 bits per heavy atom. The summed E-state index contributed by atoms with van der Waals surface area (Å²) in [5, 5.41) is 38.3. The van der Waals surface area contributed by atoms with Crippen LogP contribution in [0, 0.1) is 18.8 Å². The lowest BCUT2D eigenvalue weighted by Crippen LogP contribution is -2.48. The van der Waals surface area contributed by atoms with E-state index in [9.17, 15) is 19.8 Å². The number of likely N-dealkylation sites (tertiary alicyclic amines) is 2. The number of aromatic hydroxyl groups is 1. The molecule has 4 aliphatic rings. The summed E-state index contributed by atoms with van der Waals surface area (Å²) in [4.78, 5) is 53.1. The molecule has 8 heterocycles. The maximum Gasteiger partial charge on any atom is 0.254 e. The Labute approximate surface area is 434 Å². The SMILES string of the molecule is Cc1ncsc1-c1ccc(CNC(=O)[C@@H]2C[C@@H](O)CN2C(=O)[C@@H](c2cc(OCC3CCN([C@H]4CC[C@H](c5cnc(N6CCc7[nH]c8nnc(-c9ccccc9O)cc8c7[C@H]6C)nc5)CC4)CC3)no2)C(C)C)cc1. The number of para-hydroxylation sites is 1. The number of benzene rings is 2. The Hall–Kier alpha value is -6.76. The fraction of sp³-hybridized carbons (Fsp3) is 0.464. The number of aliphatic hydroxyl groups is 1. The number of thiazole rings is 1. The topological polar surface area (TPSA) is 212 Å². The first-order valence-corrected chi connectivity index (χ1v) is 27.2. The third-order valence-corrected chi connectivity index (χ3v) is 17.1. The van der Waals surface area contributed by atoms with E-state index in [1.165, 1.54) is 16.0 Å². The summed E-state index contributed by atoms with van der Waals surface area (Å²) in [6.45, 7) is 11.8. The van der Waals surface area contributed by atoms with E-state index in [0.717, 1.165) is 109 Å². The van der Waals surface area contributed by atoms with Crippen molar-refractivity contribution in [3.05, 3.63) is 112 Å². The molecule has 3 fully saturated rings. The number of amides is 2. The van der Waals surface area contributed by atoms with Crippen molar-refractivity contribution < 1.29 is 29.1 Å². The first-order valence-electron chi connectivity index (χ1n) is 26.3. The van der Waals surface area contributed by atoms with Gasteiger partial charge in [0.15, 0.2) is 11.4 Å². The molecule has 0 spiro atoms. The van der Waals surface area contributed by atoms with Crippen LogP contribution in [0.1, 0.15) is 117 Å². The molecule has 1 saturated carbocycles. The number of carbonyl (C=O) groups excluding carboxylic acids is 2. The van der Waals surface area contributed by atoms with Gasteiger partial charge in [-0.2, -0.15) is 0 Å². The van der Waals surface area contributed by atoms with E-state index in [0.29, 0.717) is 53.9 Å². The van der Waals surface area contributed by atoms with Crippen molar-refractivity contribution in [2.24, 2.45) is 11.8 Å². The summed E-state index contributed by atoms with van der Waals surface area (Å²) < 4.78 is 12.0. The molecule has 7 aromatic rings. The van der Waals surface area contributed by atoms with Crippen LogP contribution in [0.5, 0.6) is 11.6 Å². The molecule has 2 aromatic carbocycles. The Kier molecular flexibility index (Phi) is 14.2. The second-order valence-electron chi connectivity index (χ2n) is 21.1. The van der Waals surface area contributed by atoms with Gasteiger partial charge in [0.1, 0.15) is 17.7 Å². The summed E-state index contributed by atoms with van der Waals surface area (Å²) in [7, 11) is 0. The molecule has 18 heteroatoms. The highest BCUT2D eigenvalue weighted by molar-refractivity contribution is 7.13. The van der Waals surface area contributed by atoms with Crippen LogP contribution >= 0.6 is 11.3 Å². The Morgan fingerprint density at radius 2 is 1.73 bits per heavy atom. The number of anilines is 1. The Bertz CT molecular complexity index is 3090. The monoisotopic (exact) mass is 1020 g/mol. The van der Waals surface area contributed by atoms with Crippen LogP contribution in [-0.4, -0.2) is 118 Å². The minimum Gasteiger partial charge on any atom is -0.507 e. The number of nitrogens with one attached hydrogen (secondary N) is 2. The zero-order chi connectivity index (χ0) is 51.0. The number of β-amino-alcohol motifs (C(OH)–C–C–N with tert-alkyl or cyclic N) is 1. The van der Waals surface area contributed by atoms with Crippen LogP contribution < -0.4 is 15.0 Å². The fourth-order valence-electron chi connectivity index (χ4n) is 11.9. The van der Waals surface area contributed by atoms with Gasteiger partial charge >= 0.3 is 0 Å². The molecule has 0 radical (unpaired) electrons. The number of hydrogen-bond donors (Lipinski definition) is 4. The molecule has 17 nitrogen and oxygen atoms in total. The minimum absolute atomic E-state index is 0.0243. The standard InChI is InChI=1S/C56H65N11O6S/c1-32(2)50(55(71)67-29-41(68)23-46(67)54(70)57-26-35-9-11-38(12-10-35)52-33(3)60-31-74-52)48-25-49(64-73-48)72-30-36-17-20-65(21-18-36)40-15-13-37(14-16-40)39-27-58-56(59-28-39)66-22-19-44-51(34(66)4)43-24-45(62-63-53(43)61-44)42-7-5-6-8-47(42)69/h5-12,24-25,27-28,31-32,34,36-37,40-41,46,50,68-69H,13-23,26,29-30H2,1-4H3,(H,57,70)(H,61,63)/t34-,37-,40-,41-,46+,50-/m1/s1. The highest BCUT2D eigenvalue weighted by Crippen LogP contribution is 2.41. The van der Waals surface area contributed by atoms with Crippen molar-refractivity contribution in [2.75, 3.05) is 37.7 Å². The summed E-state index contributed by atoms with van der Waals surface area (Å²) in [6, 6.07) is 18.7. The Morgan fingerprint density at radius 3 is 2.46 bits per heavy atom. The molecule has 2 saturated heterocycles.